The zero-order valence-electron chi connectivity index (χ0n) is 9.01. The molecule has 1 aromatic carbocycles. The Labute approximate surface area is 97.1 Å². The zero-order valence-corrected chi connectivity index (χ0v) is 9.01. The molecule has 2 rings (SSSR count). The summed E-state index contributed by atoms with van der Waals surface area (Å²) in [7, 11) is 0. The number of aromatic nitrogens is 2. The van der Waals surface area contributed by atoms with Crippen LogP contribution in [-0.2, 0) is 6.42 Å². The molecular weight excluding hydrogens is 225 g/mol. The largest absolute Gasteiger partial charge is 0.394 e. The second-order valence-corrected chi connectivity index (χ2v) is 3.64. The smallest absolute Gasteiger partial charge is 0.245 e. The molecule has 0 aliphatic rings. The maximum Gasteiger partial charge on any atom is 0.245 e. The van der Waals surface area contributed by atoms with Gasteiger partial charge in [-0.1, -0.05) is 17.3 Å². The van der Waals surface area contributed by atoms with E-state index in [1.54, 1.807) is 12.1 Å². The molecule has 1 atom stereocenters. The van der Waals surface area contributed by atoms with Crippen molar-refractivity contribution in [2.45, 2.75) is 12.5 Å². The summed E-state index contributed by atoms with van der Waals surface area (Å²) in [5, 5.41) is 12.5. The van der Waals surface area contributed by atoms with Crippen molar-refractivity contribution in [2.75, 3.05) is 6.61 Å². The van der Waals surface area contributed by atoms with Crippen molar-refractivity contribution in [3.63, 3.8) is 0 Å². The molecular formula is C11H12FN3O2. The molecule has 0 amide bonds. The van der Waals surface area contributed by atoms with Gasteiger partial charge in [0, 0.05) is 6.42 Å². The Hall–Kier alpha value is -1.79. The summed E-state index contributed by atoms with van der Waals surface area (Å²) in [5.41, 5.74) is 6.26. The maximum absolute atomic E-state index is 12.9. The lowest BCUT2D eigenvalue weighted by Crippen LogP contribution is -2.14. The Morgan fingerprint density at radius 3 is 3.00 bits per heavy atom. The summed E-state index contributed by atoms with van der Waals surface area (Å²) in [5.74, 6) is 0.284. The van der Waals surface area contributed by atoms with Crippen LogP contribution >= 0.6 is 0 Å². The third-order valence-electron chi connectivity index (χ3n) is 2.25. The van der Waals surface area contributed by atoms with E-state index in [-0.39, 0.29) is 18.3 Å². The Bertz CT molecular complexity index is 501. The van der Waals surface area contributed by atoms with Crippen LogP contribution in [0.2, 0.25) is 0 Å². The number of rotatable bonds is 4. The van der Waals surface area contributed by atoms with Crippen LogP contribution in [0.15, 0.2) is 28.8 Å². The molecule has 0 spiro atoms. The Kier molecular flexibility index (Phi) is 3.46. The molecule has 90 valence electrons. The molecule has 1 aromatic heterocycles. The number of nitrogens with two attached hydrogens (primary N) is 1. The van der Waals surface area contributed by atoms with Crippen molar-refractivity contribution in [3.8, 4) is 0 Å². The van der Waals surface area contributed by atoms with E-state index in [1.165, 1.54) is 12.1 Å². The molecule has 0 aliphatic heterocycles. The van der Waals surface area contributed by atoms with Gasteiger partial charge in [-0.15, -0.1) is 0 Å². The molecule has 0 unspecified atom stereocenters. The minimum Gasteiger partial charge on any atom is -0.394 e. The number of hydrogen-bond acceptors (Lipinski definition) is 5. The van der Waals surface area contributed by atoms with Crippen molar-refractivity contribution < 1.29 is 14.0 Å². The second-order valence-electron chi connectivity index (χ2n) is 3.64. The van der Waals surface area contributed by atoms with Gasteiger partial charge in [-0.3, -0.25) is 0 Å². The van der Waals surface area contributed by atoms with Crippen molar-refractivity contribution >= 4 is 0 Å². The lowest BCUT2D eigenvalue weighted by Gasteiger charge is -1.98. The van der Waals surface area contributed by atoms with Gasteiger partial charge in [-0.25, -0.2) is 4.39 Å². The quantitative estimate of drug-likeness (QED) is 0.821. The van der Waals surface area contributed by atoms with Gasteiger partial charge in [-0.05, 0) is 17.7 Å². The van der Waals surface area contributed by atoms with Gasteiger partial charge >= 0.3 is 0 Å². The molecule has 3 N–H and O–H groups in total. The normalized spacial score (nSPS) is 12.6. The van der Waals surface area contributed by atoms with E-state index >= 15 is 0 Å². The third kappa shape index (κ3) is 2.86. The number of nitrogens with zero attached hydrogens (tertiary/aromatic N) is 2. The van der Waals surface area contributed by atoms with Crippen LogP contribution in [0.3, 0.4) is 0 Å². The lowest BCUT2D eigenvalue weighted by molar-refractivity contribution is 0.236. The van der Waals surface area contributed by atoms with E-state index in [9.17, 15) is 4.39 Å². The fourth-order valence-electron chi connectivity index (χ4n) is 1.40. The number of aliphatic hydroxyl groups excluding tert-OH is 1. The fraction of sp³-hybridized carbons (Fsp3) is 0.273. The average Bonchev–Trinajstić information content (AvgIpc) is 2.76. The summed E-state index contributed by atoms with van der Waals surface area (Å²) >= 11 is 0. The first kappa shape index (κ1) is 11.7. The molecule has 5 nitrogen and oxygen atoms in total. The van der Waals surface area contributed by atoms with Crippen LogP contribution in [-0.4, -0.2) is 21.9 Å². The van der Waals surface area contributed by atoms with E-state index in [2.05, 4.69) is 10.1 Å². The van der Waals surface area contributed by atoms with Gasteiger partial charge in [-0.2, -0.15) is 4.98 Å². The molecule has 0 radical (unpaired) electrons. The molecule has 6 heteroatoms. The van der Waals surface area contributed by atoms with E-state index in [0.717, 1.165) is 5.56 Å². The fourth-order valence-corrected chi connectivity index (χ4v) is 1.40. The van der Waals surface area contributed by atoms with E-state index in [4.69, 9.17) is 15.4 Å². The highest BCUT2D eigenvalue weighted by molar-refractivity contribution is 5.19. The summed E-state index contributed by atoms with van der Waals surface area (Å²) in [4.78, 5) is 4.02. The summed E-state index contributed by atoms with van der Waals surface area (Å²) in [6.07, 6.45) is 0.361. The van der Waals surface area contributed by atoms with E-state index in [0.29, 0.717) is 12.2 Å². The predicted octanol–water partition coefficient (Wildman–Crippen LogP) is 0.792. The first-order valence-electron chi connectivity index (χ1n) is 5.12. The predicted molar refractivity (Wildman–Crippen MR) is 57.5 cm³/mol. The number of aliphatic hydroxyl groups is 1. The highest BCUT2D eigenvalue weighted by Gasteiger charge is 2.13. The van der Waals surface area contributed by atoms with Crippen LogP contribution in [0.4, 0.5) is 4.39 Å². The standard InChI is InChI=1S/C11H12FN3O2/c12-8-3-1-2-7(4-8)5-10-14-11(17-15-10)9(13)6-16/h1-4,9,16H,5-6,13H2/t9-/m1/s1. The third-order valence-corrected chi connectivity index (χ3v) is 2.25. The zero-order chi connectivity index (χ0) is 12.3. The monoisotopic (exact) mass is 237 g/mol. The minimum atomic E-state index is -0.677. The topological polar surface area (TPSA) is 85.2 Å². The van der Waals surface area contributed by atoms with Gasteiger partial charge in [0.2, 0.25) is 5.89 Å². The van der Waals surface area contributed by atoms with Crippen LogP contribution in [0, 0.1) is 5.82 Å². The van der Waals surface area contributed by atoms with Crippen LogP contribution in [0.5, 0.6) is 0 Å². The highest BCUT2D eigenvalue weighted by atomic mass is 19.1. The molecule has 0 saturated heterocycles. The maximum atomic E-state index is 12.9. The van der Waals surface area contributed by atoms with Gasteiger partial charge in [0.15, 0.2) is 5.82 Å². The molecule has 0 fully saturated rings. The Balaban J connectivity index is 2.11. The second kappa shape index (κ2) is 5.03. The summed E-state index contributed by atoms with van der Waals surface area (Å²) in [6, 6.07) is 5.48. The Morgan fingerprint density at radius 1 is 1.47 bits per heavy atom. The van der Waals surface area contributed by atoms with Crippen molar-refractivity contribution in [1.29, 1.82) is 0 Å². The SMILES string of the molecule is N[C@H](CO)c1nc(Cc2cccc(F)c2)no1. The van der Waals surface area contributed by atoms with Crippen LogP contribution < -0.4 is 5.73 Å². The molecule has 0 saturated carbocycles. The van der Waals surface area contributed by atoms with Gasteiger partial charge < -0.3 is 15.4 Å². The summed E-state index contributed by atoms with van der Waals surface area (Å²) in [6.45, 7) is -0.262. The van der Waals surface area contributed by atoms with E-state index < -0.39 is 6.04 Å². The van der Waals surface area contributed by atoms with E-state index in [1.807, 2.05) is 0 Å². The number of hydrogen-bond donors (Lipinski definition) is 2. The molecule has 0 aliphatic carbocycles. The first-order chi connectivity index (χ1) is 8.19. The highest BCUT2D eigenvalue weighted by Crippen LogP contribution is 2.11. The average molecular weight is 237 g/mol. The van der Waals surface area contributed by atoms with Crippen LogP contribution in [0.25, 0.3) is 0 Å². The van der Waals surface area contributed by atoms with Crippen molar-refractivity contribution in [3.05, 3.63) is 47.4 Å². The summed E-state index contributed by atoms with van der Waals surface area (Å²) < 4.78 is 17.8. The van der Waals surface area contributed by atoms with Gasteiger partial charge in [0.1, 0.15) is 11.9 Å². The number of halogens is 1. The molecule has 17 heavy (non-hydrogen) atoms. The van der Waals surface area contributed by atoms with Gasteiger partial charge in [0.05, 0.1) is 6.61 Å². The number of benzene rings is 1. The lowest BCUT2D eigenvalue weighted by atomic mass is 10.1. The van der Waals surface area contributed by atoms with Gasteiger partial charge in [0.25, 0.3) is 0 Å². The van der Waals surface area contributed by atoms with Crippen LogP contribution in [0.1, 0.15) is 23.3 Å². The van der Waals surface area contributed by atoms with Crippen molar-refractivity contribution in [2.24, 2.45) is 5.73 Å². The molecule has 2 aromatic rings. The first-order valence-corrected chi connectivity index (χ1v) is 5.12. The van der Waals surface area contributed by atoms with Crippen molar-refractivity contribution in [1.82, 2.24) is 10.1 Å². The molecule has 1 heterocycles. The minimum absolute atomic E-state index is 0.180. The molecule has 0 bridgehead atoms. The Morgan fingerprint density at radius 2 is 2.29 bits per heavy atom.